The minimum atomic E-state index is 0.319. The van der Waals surface area contributed by atoms with Gasteiger partial charge in [-0.1, -0.05) is 53.9 Å². The Morgan fingerprint density at radius 2 is 1.80 bits per heavy atom. The van der Waals surface area contributed by atoms with Crippen LogP contribution in [-0.4, -0.2) is 11.7 Å². The van der Waals surface area contributed by atoms with E-state index in [4.69, 9.17) is 5.11 Å². The Labute approximate surface area is 96.3 Å². The van der Waals surface area contributed by atoms with E-state index in [1.807, 2.05) is 6.92 Å². The van der Waals surface area contributed by atoms with Crippen molar-refractivity contribution < 1.29 is 5.11 Å². The average Bonchev–Trinajstić information content (AvgIpc) is 2.17. The van der Waals surface area contributed by atoms with E-state index >= 15 is 0 Å². The zero-order chi connectivity index (χ0) is 11.9. The molecular formula is C14H30O. The summed E-state index contributed by atoms with van der Waals surface area (Å²) in [4.78, 5) is 0. The number of aliphatic hydroxyl groups excluding tert-OH is 1. The molecule has 0 aromatic heterocycles. The monoisotopic (exact) mass is 214 g/mol. The summed E-state index contributed by atoms with van der Waals surface area (Å²) in [6.07, 6.45) is 6.59. The van der Waals surface area contributed by atoms with E-state index < -0.39 is 0 Å². The Kier molecular flexibility index (Phi) is 7.25. The second-order valence-corrected chi connectivity index (χ2v) is 5.60. The molecule has 1 rings (SSSR count). The molecule has 92 valence electrons. The molecule has 2 atom stereocenters. The Balaban J connectivity index is 0.000000423. The second-order valence-electron chi connectivity index (χ2n) is 5.60. The van der Waals surface area contributed by atoms with E-state index in [1.54, 1.807) is 0 Å². The highest BCUT2D eigenvalue weighted by molar-refractivity contribution is 4.85. The number of hydrogen-bond acceptors (Lipinski definition) is 1. The Hall–Kier alpha value is -0.0400. The van der Waals surface area contributed by atoms with Gasteiger partial charge in [-0.2, -0.15) is 0 Å². The summed E-state index contributed by atoms with van der Waals surface area (Å²) in [6, 6.07) is 0. The largest absolute Gasteiger partial charge is 0.396 e. The summed E-state index contributed by atoms with van der Waals surface area (Å²) >= 11 is 0. The van der Waals surface area contributed by atoms with Crippen LogP contribution in [0.5, 0.6) is 0 Å². The van der Waals surface area contributed by atoms with Gasteiger partial charge in [0.05, 0.1) is 0 Å². The molecule has 1 fully saturated rings. The van der Waals surface area contributed by atoms with E-state index in [1.165, 1.54) is 25.7 Å². The van der Waals surface area contributed by atoms with Gasteiger partial charge in [0.1, 0.15) is 0 Å². The molecular weight excluding hydrogens is 184 g/mol. The number of hydrogen-bond donors (Lipinski definition) is 1. The zero-order valence-corrected chi connectivity index (χ0v) is 11.3. The van der Waals surface area contributed by atoms with E-state index in [2.05, 4.69) is 27.7 Å². The molecule has 0 bridgehead atoms. The molecule has 0 spiro atoms. The van der Waals surface area contributed by atoms with Crippen molar-refractivity contribution in [3.05, 3.63) is 0 Å². The van der Waals surface area contributed by atoms with Crippen LogP contribution in [0.3, 0.4) is 0 Å². The van der Waals surface area contributed by atoms with Gasteiger partial charge in [-0.05, 0) is 30.1 Å². The topological polar surface area (TPSA) is 20.2 Å². The molecule has 0 radical (unpaired) electrons. The first kappa shape index (κ1) is 15.0. The van der Waals surface area contributed by atoms with Gasteiger partial charge in [-0.3, -0.25) is 0 Å². The predicted molar refractivity (Wildman–Crippen MR) is 68.0 cm³/mol. The van der Waals surface area contributed by atoms with Crippen LogP contribution in [0.4, 0.5) is 0 Å². The highest BCUT2D eigenvalue weighted by Crippen LogP contribution is 2.45. The first-order valence-electron chi connectivity index (χ1n) is 6.60. The molecule has 1 aliphatic carbocycles. The van der Waals surface area contributed by atoms with E-state index in [0.717, 1.165) is 18.3 Å². The Bertz CT molecular complexity index is 149. The minimum absolute atomic E-state index is 0.319. The molecule has 1 nitrogen and oxygen atoms in total. The fourth-order valence-electron chi connectivity index (χ4n) is 2.99. The zero-order valence-electron chi connectivity index (χ0n) is 11.3. The summed E-state index contributed by atoms with van der Waals surface area (Å²) in [5.74, 6) is 1.93. The molecule has 1 saturated carbocycles. The van der Waals surface area contributed by atoms with Gasteiger partial charge in [-0.15, -0.1) is 0 Å². The van der Waals surface area contributed by atoms with Crippen LogP contribution >= 0.6 is 0 Å². The third kappa shape index (κ3) is 5.01. The Morgan fingerprint density at radius 1 is 1.27 bits per heavy atom. The van der Waals surface area contributed by atoms with Crippen molar-refractivity contribution in [2.24, 2.45) is 17.3 Å². The van der Waals surface area contributed by atoms with Crippen LogP contribution in [0.1, 0.15) is 66.7 Å². The quantitative estimate of drug-likeness (QED) is 0.728. The second kappa shape index (κ2) is 7.27. The van der Waals surface area contributed by atoms with Gasteiger partial charge in [0.25, 0.3) is 0 Å². The predicted octanol–water partition coefficient (Wildman–Crippen LogP) is 4.25. The van der Waals surface area contributed by atoms with E-state index in [0.29, 0.717) is 12.0 Å². The molecule has 0 aromatic carbocycles. The summed E-state index contributed by atoms with van der Waals surface area (Å²) in [7, 11) is 0. The van der Waals surface area contributed by atoms with Crippen molar-refractivity contribution in [1.29, 1.82) is 0 Å². The van der Waals surface area contributed by atoms with Crippen molar-refractivity contribution in [3.8, 4) is 0 Å². The minimum Gasteiger partial charge on any atom is -0.396 e. The first-order chi connectivity index (χ1) is 6.99. The maximum Gasteiger partial charge on any atom is 0.0428 e. The molecule has 2 unspecified atom stereocenters. The van der Waals surface area contributed by atoms with Gasteiger partial charge in [0.2, 0.25) is 0 Å². The van der Waals surface area contributed by atoms with Crippen LogP contribution < -0.4 is 0 Å². The van der Waals surface area contributed by atoms with Crippen LogP contribution in [0.2, 0.25) is 0 Å². The van der Waals surface area contributed by atoms with Gasteiger partial charge in [0, 0.05) is 6.61 Å². The number of aliphatic hydroxyl groups is 1. The summed E-state index contributed by atoms with van der Waals surface area (Å²) in [6.45, 7) is 11.9. The van der Waals surface area contributed by atoms with Crippen LogP contribution in [0.25, 0.3) is 0 Å². The third-order valence-corrected chi connectivity index (χ3v) is 3.83. The van der Waals surface area contributed by atoms with Gasteiger partial charge >= 0.3 is 0 Å². The van der Waals surface area contributed by atoms with Crippen molar-refractivity contribution in [3.63, 3.8) is 0 Å². The smallest absolute Gasteiger partial charge is 0.0428 e. The lowest BCUT2D eigenvalue weighted by molar-refractivity contribution is 0.0807. The van der Waals surface area contributed by atoms with Crippen molar-refractivity contribution in [2.75, 3.05) is 6.61 Å². The highest BCUT2D eigenvalue weighted by Gasteiger charge is 2.34. The lowest BCUT2D eigenvalue weighted by Crippen LogP contribution is -2.32. The summed E-state index contributed by atoms with van der Waals surface area (Å²) < 4.78 is 0. The van der Waals surface area contributed by atoms with Gasteiger partial charge in [0.15, 0.2) is 0 Å². The maximum absolute atomic E-state index is 7.88. The van der Waals surface area contributed by atoms with E-state index in [9.17, 15) is 0 Å². The molecule has 0 amide bonds. The van der Waals surface area contributed by atoms with Crippen molar-refractivity contribution >= 4 is 0 Å². The third-order valence-electron chi connectivity index (χ3n) is 3.83. The Morgan fingerprint density at radius 3 is 2.07 bits per heavy atom. The molecule has 0 saturated heterocycles. The summed E-state index contributed by atoms with van der Waals surface area (Å²) in [5, 5.41) is 7.88. The molecule has 1 aliphatic rings. The lowest BCUT2D eigenvalue weighted by atomic mass is 9.63. The van der Waals surface area contributed by atoms with E-state index in [-0.39, 0.29) is 0 Å². The fourth-order valence-corrected chi connectivity index (χ4v) is 2.99. The standard InChI is InChI=1S/C11H22.C3H8O/c1-5-10-9(2)7-6-8-11(10,3)4;1-2-3-4/h9-10H,5-8H2,1-4H3;4H,2-3H2,1H3. The van der Waals surface area contributed by atoms with Crippen LogP contribution in [0.15, 0.2) is 0 Å². The maximum atomic E-state index is 7.88. The first-order valence-corrected chi connectivity index (χ1v) is 6.60. The molecule has 15 heavy (non-hydrogen) atoms. The SMILES string of the molecule is CCC1C(C)CCCC1(C)C.CCCO. The van der Waals surface area contributed by atoms with Crippen LogP contribution in [-0.2, 0) is 0 Å². The normalized spacial score (nSPS) is 29.2. The van der Waals surface area contributed by atoms with Crippen molar-refractivity contribution in [2.45, 2.75) is 66.7 Å². The van der Waals surface area contributed by atoms with Crippen molar-refractivity contribution in [1.82, 2.24) is 0 Å². The fraction of sp³-hybridized carbons (Fsp3) is 1.00. The molecule has 0 aliphatic heterocycles. The lowest BCUT2D eigenvalue weighted by Gasteiger charge is -2.42. The average molecular weight is 214 g/mol. The molecule has 0 heterocycles. The van der Waals surface area contributed by atoms with Gasteiger partial charge in [-0.25, -0.2) is 0 Å². The molecule has 1 N–H and O–H groups in total. The molecule has 0 aromatic rings. The van der Waals surface area contributed by atoms with Crippen LogP contribution in [0, 0.1) is 17.3 Å². The van der Waals surface area contributed by atoms with Gasteiger partial charge < -0.3 is 5.11 Å². The molecule has 1 heteroatoms. The highest BCUT2D eigenvalue weighted by atomic mass is 16.2. The summed E-state index contributed by atoms with van der Waals surface area (Å²) in [5.41, 5.74) is 0.617. The number of rotatable bonds is 2.